The number of aromatic nitrogens is 2. The number of hydrogen-bond acceptors (Lipinski definition) is 5. The lowest BCUT2D eigenvalue weighted by Gasteiger charge is -2.15. The number of methoxy groups -OCH3 is 1. The van der Waals surface area contributed by atoms with Crippen molar-refractivity contribution in [3.8, 4) is 17.2 Å². The number of alkyl halides is 3. The average Bonchev–Trinajstić information content (AvgIpc) is 3.23. The van der Waals surface area contributed by atoms with E-state index in [0.29, 0.717) is 28.0 Å². The normalized spacial score (nSPS) is 12.5. The minimum Gasteiger partial charge on any atom is -0.497 e. The molecule has 4 rings (SSSR count). The fourth-order valence-electron chi connectivity index (χ4n) is 3.63. The van der Waals surface area contributed by atoms with Crippen LogP contribution in [0.25, 0.3) is 17.0 Å². The summed E-state index contributed by atoms with van der Waals surface area (Å²) in [5.74, 6) is 1.20. The van der Waals surface area contributed by atoms with Crippen LogP contribution in [0.1, 0.15) is 16.7 Å². The molecule has 0 radical (unpaired) electrons. The Bertz CT molecular complexity index is 1530. The van der Waals surface area contributed by atoms with Crippen LogP contribution < -0.4 is 9.47 Å². The molecule has 0 N–H and O–H groups in total. The number of sulfonamides is 1. The van der Waals surface area contributed by atoms with Gasteiger partial charge in [-0.15, -0.1) is 0 Å². The van der Waals surface area contributed by atoms with Crippen molar-refractivity contribution in [3.63, 3.8) is 0 Å². The molecule has 0 aliphatic rings. The minimum atomic E-state index is -4.45. The maximum atomic E-state index is 12.9. The molecular formula is C26H24F3N3O4S. The zero-order chi connectivity index (χ0) is 26.8. The molecule has 0 spiro atoms. The first kappa shape index (κ1) is 26.2. The van der Waals surface area contributed by atoms with Crippen LogP contribution in [0.3, 0.4) is 0 Å². The second-order valence-electron chi connectivity index (χ2n) is 8.33. The average molecular weight is 532 g/mol. The van der Waals surface area contributed by atoms with Crippen LogP contribution in [-0.2, 0) is 29.8 Å². The van der Waals surface area contributed by atoms with E-state index in [1.54, 1.807) is 61.4 Å². The lowest BCUT2D eigenvalue weighted by atomic mass is 10.1. The van der Waals surface area contributed by atoms with Gasteiger partial charge in [0.2, 0.25) is 10.0 Å². The summed E-state index contributed by atoms with van der Waals surface area (Å²) in [6.45, 7) is 0.159. The number of rotatable bonds is 8. The van der Waals surface area contributed by atoms with Crippen molar-refractivity contribution >= 4 is 27.0 Å². The number of hydrogen-bond donors (Lipinski definition) is 0. The van der Waals surface area contributed by atoms with Crippen molar-refractivity contribution in [1.82, 2.24) is 14.1 Å². The van der Waals surface area contributed by atoms with Gasteiger partial charge in [-0.1, -0.05) is 12.1 Å². The van der Waals surface area contributed by atoms with E-state index in [2.05, 4.69) is 5.10 Å². The van der Waals surface area contributed by atoms with E-state index in [1.807, 2.05) is 0 Å². The van der Waals surface area contributed by atoms with Crippen LogP contribution in [0.2, 0.25) is 0 Å². The minimum absolute atomic E-state index is 0.159. The smallest absolute Gasteiger partial charge is 0.416 e. The zero-order valence-electron chi connectivity index (χ0n) is 20.2. The molecule has 0 unspecified atom stereocenters. The zero-order valence-corrected chi connectivity index (χ0v) is 21.0. The van der Waals surface area contributed by atoms with Crippen LogP contribution in [0.5, 0.6) is 17.2 Å². The van der Waals surface area contributed by atoms with Gasteiger partial charge in [0, 0.05) is 43.2 Å². The summed E-state index contributed by atoms with van der Waals surface area (Å²) in [6, 6.07) is 14.7. The van der Waals surface area contributed by atoms with Gasteiger partial charge in [0.1, 0.15) is 17.2 Å². The summed E-state index contributed by atoms with van der Waals surface area (Å²) in [6.07, 6.45) is -1.29. The molecule has 0 saturated heterocycles. The number of nitrogens with zero attached hydrogens (tertiary/aromatic N) is 3. The van der Waals surface area contributed by atoms with Crippen molar-refractivity contribution in [2.75, 3.05) is 14.2 Å². The highest BCUT2D eigenvalue weighted by molar-refractivity contribution is 7.92. The van der Waals surface area contributed by atoms with E-state index >= 15 is 0 Å². The van der Waals surface area contributed by atoms with Crippen molar-refractivity contribution < 1.29 is 31.1 Å². The van der Waals surface area contributed by atoms with E-state index in [9.17, 15) is 21.6 Å². The Hall–Kier alpha value is -3.83. The molecule has 11 heteroatoms. The van der Waals surface area contributed by atoms with Crippen molar-refractivity contribution in [3.05, 3.63) is 89.0 Å². The number of fused-ring (bicyclic) bond motifs is 1. The molecule has 1 aromatic heterocycles. The molecule has 4 aromatic rings. The molecule has 0 atom stereocenters. The molecule has 0 fully saturated rings. The maximum absolute atomic E-state index is 12.9. The van der Waals surface area contributed by atoms with Crippen molar-refractivity contribution in [2.24, 2.45) is 7.05 Å². The fraction of sp³-hybridized carbons (Fsp3) is 0.192. The molecule has 0 amide bonds. The predicted octanol–water partition coefficient (Wildman–Crippen LogP) is 5.83. The summed E-state index contributed by atoms with van der Waals surface area (Å²) in [5.41, 5.74) is 1.03. The Morgan fingerprint density at radius 3 is 2.27 bits per heavy atom. The SMILES string of the molecule is COc1ccc(CN(C)S(=O)(=O)/C=C/c2cc(Oc3ccc(C(F)(F)F)cc3)cc3cn(C)nc23)cc1. The lowest BCUT2D eigenvalue weighted by molar-refractivity contribution is -0.137. The molecule has 194 valence electrons. The summed E-state index contributed by atoms with van der Waals surface area (Å²) >= 11 is 0. The van der Waals surface area contributed by atoms with Gasteiger partial charge in [-0.2, -0.15) is 22.6 Å². The van der Waals surface area contributed by atoms with Gasteiger partial charge in [0.05, 0.1) is 18.2 Å². The van der Waals surface area contributed by atoms with Crippen LogP contribution in [0.4, 0.5) is 13.2 Å². The molecule has 1 heterocycles. The first-order valence-electron chi connectivity index (χ1n) is 11.0. The van der Waals surface area contributed by atoms with E-state index in [4.69, 9.17) is 9.47 Å². The molecule has 3 aromatic carbocycles. The topological polar surface area (TPSA) is 73.7 Å². The monoisotopic (exact) mass is 531 g/mol. The number of ether oxygens (including phenoxy) is 2. The Balaban J connectivity index is 1.58. The number of halogens is 3. The first-order valence-corrected chi connectivity index (χ1v) is 12.5. The van der Waals surface area contributed by atoms with Crippen LogP contribution in [0.15, 0.2) is 72.3 Å². The van der Waals surface area contributed by atoms with Crippen LogP contribution in [-0.4, -0.2) is 36.7 Å². The molecular weight excluding hydrogens is 507 g/mol. The van der Waals surface area contributed by atoms with Gasteiger partial charge in [0.15, 0.2) is 0 Å². The molecule has 37 heavy (non-hydrogen) atoms. The summed E-state index contributed by atoms with van der Waals surface area (Å²) in [4.78, 5) is 0. The maximum Gasteiger partial charge on any atom is 0.416 e. The third-order valence-electron chi connectivity index (χ3n) is 5.56. The Kier molecular flexibility index (Phi) is 7.28. The predicted molar refractivity (Wildman–Crippen MR) is 135 cm³/mol. The highest BCUT2D eigenvalue weighted by Crippen LogP contribution is 2.33. The van der Waals surface area contributed by atoms with Crippen LogP contribution >= 0.6 is 0 Å². The van der Waals surface area contributed by atoms with Gasteiger partial charge < -0.3 is 9.47 Å². The van der Waals surface area contributed by atoms with Gasteiger partial charge >= 0.3 is 6.18 Å². The lowest BCUT2D eigenvalue weighted by Crippen LogP contribution is -2.24. The second kappa shape index (κ2) is 10.3. The Morgan fingerprint density at radius 2 is 1.65 bits per heavy atom. The van der Waals surface area contributed by atoms with Crippen LogP contribution in [0, 0.1) is 0 Å². The Morgan fingerprint density at radius 1 is 1.00 bits per heavy atom. The third kappa shape index (κ3) is 6.30. The van der Waals surface area contributed by atoms with E-state index in [0.717, 1.165) is 23.1 Å². The largest absolute Gasteiger partial charge is 0.497 e. The van der Waals surface area contributed by atoms with E-state index in [-0.39, 0.29) is 12.3 Å². The van der Waals surface area contributed by atoms with E-state index < -0.39 is 21.8 Å². The molecule has 0 aliphatic carbocycles. The third-order valence-corrected chi connectivity index (χ3v) is 7.04. The van der Waals surface area contributed by atoms with Gasteiger partial charge in [-0.05, 0) is 60.2 Å². The van der Waals surface area contributed by atoms with Gasteiger partial charge in [0.25, 0.3) is 0 Å². The Labute approximate surface area is 212 Å². The summed E-state index contributed by atoms with van der Waals surface area (Å²) < 4.78 is 78.1. The highest BCUT2D eigenvalue weighted by atomic mass is 32.2. The highest BCUT2D eigenvalue weighted by Gasteiger charge is 2.30. The molecule has 0 bridgehead atoms. The number of benzene rings is 3. The number of aryl methyl sites for hydroxylation is 1. The standard InChI is InChI=1S/C26H24F3N3O4S/c1-31-17-20-15-24(36-23-10-6-21(7-11-23)26(27,28)29)14-19(25(20)30-31)12-13-37(33,34)32(2)16-18-4-8-22(35-3)9-5-18/h4-15,17H,16H2,1-3H3/b13-12+. The molecule has 7 nitrogen and oxygen atoms in total. The fourth-order valence-corrected chi connectivity index (χ4v) is 4.48. The van der Waals surface area contributed by atoms with Gasteiger partial charge in [-0.3, -0.25) is 4.68 Å². The molecule has 0 aliphatic heterocycles. The quantitative estimate of drug-likeness (QED) is 0.286. The van der Waals surface area contributed by atoms with Crippen molar-refractivity contribution in [2.45, 2.75) is 12.7 Å². The summed E-state index contributed by atoms with van der Waals surface area (Å²) in [5, 5.41) is 6.16. The van der Waals surface area contributed by atoms with E-state index in [1.165, 1.54) is 29.6 Å². The van der Waals surface area contributed by atoms with Gasteiger partial charge in [-0.25, -0.2) is 8.42 Å². The molecule has 0 saturated carbocycles. The van der Waals surface area contributed by atoms with Crippen molar-refractivity contribution in [1.29, 1.82) is 0 Å². The summed E-state index contributed by atoms with van der Waals surface area (Å²) in [7, 11) is 0.971. The first-order chi connectivity index (χ1) is 17.4. The second-order valence-corrected chi connectivity index (χ2v) is 10.3.